The minimum Gasteiger partial charge on any atom is -0.341 e. The van der Waals surface area contributed by atoms with Gasteiger partial charge >= 0.3 is 0 Å². The maximum atomic E-state index is 12.5. The molecule has 2 fully saturated rings. The van der Waals surface area contributed by atoms with E-state index in [4.69, 9.17) is 5.73 Å². The van der Waals surface area contributed by atoms with Crippen molar-refractivity contribution in [1.29, 1.82) is 0 Å². The van der Waals surface area contributed by atoms with E-state index >= 15 is 0 Å². The topological polar surface area (TPSA) is 49.6 Å². The van der Waals surface area contributed by atoms with Crippen LogP contribution in [0.3, 0.4) is 0 Å². The van der Waals surface area contributed by atoms with Crippen LogP contribution in [-0.2, 0) is 4.79 Å². The summed E-state index contributed by atoms with van der Waals surface area (Å²) in [5, 5.41) is 0. The van der Waals surface area contributed by atoms with Gasteiger partial charge in [-0.15, -0.1) is 0 Å². The molecule has 1 saturated carbocycles. The molecular formula is C15H29N3O. The van der Waals surface area contributed by atoms with Crippen LogP contribution < -0.4 is 5.73 Å². The standard InChI is InChI=1S/C15H29N3O/c1-17-10-8-14(11-17)18(2)15(19)13-5-3-12(4-6-13)7-9-16/h12-14H,3-11,16H2,1-2H3. The maximum Gasteiger partial charge on any atom is 0.225 e. The predicted molar refractivity (Wildman–Crippen MR) is 77.8 cm³/mol. The molecule has 4 nitrogen and oxygen atoms in total. The number of likely N-dealkylation sites (N-methyl/N-ethyl adjacent to an activating group) is 2. The molecule has 2 N–H and O–H groups in total. The molecule has 0 aromatic carbocycles. The Balaban J connectivity index is 1.80. The van der Waals surface area contributed by atoms with Crippen molar-refractivity contribution in [3.05, 3.63) is 0 Å². The molecular weight excluding hydrogens is 238 g/mol. The second-order valence-electron chi connectivity index (χ2n) is 6.45. The fraction of sp³-hybridized carbons (Fsp3) is 0.933. The summed E-state index contributed by atoms with van der Waals surface area (Å²) in [5.74, 6) is 1.41. The highest BCUT2D eigenvalue weighted by Crippen LogP contribution is 2.32. The quantitative estimate of drug-likeness (QED) is 0.835. The molecule has 1 heterocycles. The Morgan fingerprint density at radius 3 is 2.47 bits per heavy atom. The van der Waals surface area contributed by atoms with Gasteiger partial charge in [0.05, 0.1) is 0 Å². The van der Waals surface area contributed by atoms with Crippen molar-refractivity contribution >= 4 is 5.91 Å². The van der Waals surface area contributed by atoms with E-state index in [-0.39, 0.29) is 5.92 Å². The molecule has 0 bridgehead atoms. The molecule has 2 rings (SSSR count). The lowest BCUT2D eigenvalue weighted by molar-refractivity contribution is -0.137. The molecule has 0 radical (unpaired) electrons. The Hall–Kier alpha value is -0.610. The molecule has 0 aromatic rings. The fourth-order valence-electron chi connectivity index (χ4n) is 3.63. The number of likely N-dealkylation sites (tertiary alicyclic amines) is 1. The van der Waals surface area contributed by atoms with Crippen molar-refractivity contribution < 1.29 is 4.79 Å². The molecule has 19 heavy (non-hydrogen) atoms. The molecule has 1 aliphatic heterocycles. The Morgan fingerprint density at radius 1 is 1.26 bits per heavy atom. The minimum absolute atomic E-state index is 0.268. The zero-order valence-corrected chi connectivity index (χ0v) is 12.5. The second kappa shape index (κ2) is 6.71. The summed E-state index contributed by atoms with van der Waals surface area (Å²) in [7, 11) is 4.13. The molecule has 1 atom stereocenters. The van der Waals surface area contributed by atoms with E-state index in [1.54, 1.807) is 0 Å². The Kier molecular flexibility index (Phi) is 5.22. The Morgan fingerprint density at radius 2 is 1.95 bits per heavy atom. The van der Waals surface area contributed by atoms with Gasteiger partial charge < -0.3 is 15.5 Å². The average molecular weight is 267 g/mol. The summed E-state index contributed by atoms with van der Waals surface area (Å²) in [6.45, 7) is 2.94. The van der Waals surface area contributed by atoms with Crippen molar-refractivity contribution in [3.8, 4) is 0 Å². The van der Waals surface area contributed by atoms with Gasteiger partial charge in [-0.2, -0.15) is 0 Å². The molecule has 1 saturated heterocycles. The van der Waals surface area contributed by atoms with Crippen LogP contribution in [0, 0.1) is 11.8 Å². The molecule has 2 aliphatic rings. The number of nitrogens with zero attached hydrogens (tertiary/aromatic N) is 2. The Labute approximate surface area is 117 Å². The van der Waals surface area contributed by atoms with Crippen LogP contribution in [0.25, 0.3) is 0 Å². The van der Waals surface area contributed by atoms with Crippen LogP contribution >= 0.6 is 0 Å². The lowest BCUT2D eigenvalue weighted by Crippen LogP contribution is -2.42. The van der Waals surface area contributed by atoms with Crippen LogP contribution in [0.15, 0.2) is 0 Å². The van der Waals surface area contributed by atoms with Gasteiger partial charge in [0.2, 0.25) is 5.91 Å². The molecule has 110 valence electrons. The zero-order valence-electron chi connectivity index (χ0n) is 12.5. The van der Waals surface area contributed by atoms with Gasteiger partial charge in [-0.1, -0.05) is 0 Å². The summed E-state index contributed by atoms with van der Waals surface area (Å²) in [6.07, 6.45) is 6.76. The Bertz CT molecular complexity index is 300. The summed E-state index contributed by atoms with van der Waals surface area (Å²) >= 11 is 0. The van der Waals surface area contributed by atoms with Gasteiger partial charge in [0, 0.05) is 25.6 Å². The maximum absolute atomic E-state index is 12.5. The highest BCUT2D eigenvalue weighted by molar-refractivity contribution is 5.79. The number of rotatable bonds is 4. The van der Waals surface area contributed by atoms with Gasteiger partial charge in [-0.05, 0) is 64.6 Å². The molecule has 1 amide bonds. The van der Waals surface area contributed by atoms with Gasteiger partial charge in [0.25, 0.3) is 0 Å². The second-order valence-corrected chi connectivity index (χ2v) is 6.45. The van der Waals surface area contributed by atoms with Crippen molar-refractivity contribution in [2.45, 2.75) is 44.6 Å². The monoisotopic (exact) mass is 267 g/mol. The van der Waals surface area contributed by atoms with E-state index in [2.05, 4.69) is 11.9 Å². The lowest BCUT2D eigenvalue weighted by Gasteiger charge is -2.33. The third kappa shape index (κ3) is 3.69. The molecule has 4 heteroatoms. The van der Waals surface area contributed by atoms with Crippen molar-refractivity contribution in [3.63, 3.8) is 0 Å². The van der Waals surface area contributed by atoms with Crippen LogP contribution in [-0.4, -0.2) is 55.5 Å². The normalized spacial score (nSPS) is 32.5. The largest absolute Gasteiger partial charge is 0.341 e. The van der Waals surface area contributed by atoms with Crippen molar-refractivity contribution in [1.82, 2.24) is 9.80 Å². The minimum atomic E-state index is 0.268. The summed E-state index contributed by atoms with van der Waals surface area (Å²) in [4.78, 5) is 16.9. The molecule has 1 unspecified atom stereocenters. The highest BCUT2D eigenvalue weighted by Gasteiger charge is 2.32. The number of amides is 1. The summed E-state index contributed by atoms with van der Waals surface area (Å²) in [5.41, 5.74) is 5.62. The smallest absolute Gasteiger partial charge is 0.225 e. The summed E-state index contributed by atoms with van der Waals surface area (Å²) < 4.78 is 0. The first-order valence-electron chi connectivity index (χ1n) is 7.77. The number of hydrogen-bond donors (Lipinski definition) is 1. The number of carbonyl (C=O) groups is 1. The predicted octanol–water partition coefficient (Wildman–Crippen LogP) is 1.30. The van der Waals surface area contributed by atoms with Gasteiger partial charge in [-0.25, -0.2) is 0 Å². The number of carbonyl (C=O) groups excluding carboxylic acids is 1. The highest BCUT2D eigenvalue weighted by atomic mass is 16.2. The van der Waals surface area contributed by atoms with E-state index in [0.717, 1.165) is 51.2 Å². The van der Waals surface area contributed by atoms with E-state index < -0.39 is 0 Å². The fourth-order valence-corrected chi connectivity index (χ4v) is 3.63. The summed E-state index contributed by atoms with van der Waals surface area (Å²) in [6, 6.07) is 0.430. The first-order valence-corrected chi connectivity index (χ1v) is 7.77. The first kappa shape index (κ1) is 14.8. The average Bonchev–Trinajstić information content (AvgIpc) is 2.85. The molecule has 0 spiro atoms. The molecule has 0 aromatic heterocycles. The van der Waals surface area contributed by atoms with Crippen molar-refractivity contribution in [2.24, 2.45) is 17.6 Å². The van der Waals surface area contributed by atoms with E-state index in [0.29, 0.717) is 11.9 Å². The van der Waals surface area contributed by atoms with Crippen LogP contribution in [0.1, 0.15) is 38.5 Å². The van der Waals surface area contributed by atoms with Gasteiger partial charge in [-0.3, -0.25) is 4.79 Å². The number of nitrogens with two attached hydrogens (primary N) is 1. The van der Waals surface area contributed by atoms with Gasteiger partial charge in [0.1, 0.15) is 0 Å². The van der Waals surface area contributed by atoms with Crippen LogP contribution in [0.5, 0.6) is 0 Å². The first-order chi connectivity index (χ1) is 9.11. The van der Waals surface area contributed by atoms with E-state index in [9.17, 15) is 4.79 Å². The molecule has 1 aliphatic carbocycles. The zero-order chi connectivity index (χ0) is 13.8. The van der Waals surface area contributed by atoms with Gasteiger partial charge in [0.15, 0.2) is 0 Å². The van der Waals surface area contributed by atoms with Crippen molar-refractivity contribution in [2.75, 3.05) is 33.7 Å². The van der Waals surface area contributed by atoms with E-state index in [1.165, 1.54) is 12.8 Å². The SMILES string of the molecule is CN1CCC(N(C)C(=O)C2CCC(CCN)CC2)C1. The third-order valence-electron chi connectivity index (χ3n) is 5.03. The number of hydrogen-bond acceptors (Lipinski definition) is 3. The third-order valence-corrected chi connectivity index (χ3v) is 5.03. The van der Waals surface area contributed by atoms with Crippen LogP contribution in [0.4, 0.5) is 0 Å². The lowest BCUT2D eigenvalue weighted by atomic mass is 9.80. The van der Waals surface area contributed by atoms with E-state index in [1.807, 2.05) is 11.9 Å². The van der Waals surface area contributed by atoms with Crippen LogP contribution in [0.2, 0.25) is 0 Å².